The molecule has 8 nitrogen and oxygen atoms in total. The Balaban J connectivity index is 2.25. The van der Waals surface area contributed by atoms with Crippen molar-refractivity contribution in [3.63, 3.8) is 0 Å². The Morgan fingerprint density at radius 1 is 1.29 bits per heavy atom. The average molecular weight is 342 g/mol. The first-order valence-corrected chi connectivity index (χ1v) is 6.53. The second-order valence-corrected chi connectivity index (χ2v) is 5.09. The molecular formula is C13H9F3N4O4. The van der Waals surface area contributed by atoms with Gasteiger partial charge in [0.25, 0.3) is 17.1 Å². The van der Waals surface area contributed by atoms with Crippen LogP contribution in [0, 0.1) is 0 Å². The highest BCUT2D eigenvalue weighted by molar-refractivity contribution is 6.04. The van der Waals surface area contributed by atoms with E-state index in [2.05, 4.69) is 4.98 Å². The number of carbonyl (C=O) groups excluding carboxylic acids is 1. The third kappa shape index (κ3) is 2.12. The van der Waals surface area contributed by atoms with E-state index in [0.717, 1.165) is 4.57 Å². The number of rotatable bonds is 2. The number of anilines is 1. The van der Waals surface area contributed by atoms with Gasteiger partial charge in [-0.2, -0.15) is 13.2 Å². The Morgan fingerprint density at radius 2 is 2.00 bits per heavy atom. The lowest BCUT2D eigenvalue weighted by molar-refractivity contribution is -0.252. The summed E-state index contributed by atoms with van der Waals surface area (Å²) in [6.07, 6.45) is -2.63. The van der Waals surface area contributed by atoms with Crippen molar-refractivity contribution >= 4 is 11.7 Å². The van der Waals surface area contributed by atoms with Gasteiger partial charge in [0.15, 0.2) is 0 Å². The molecule has 0 bridgehead atoms. The number of amides is 1. The van der Waals surface area contributed by atoms with Crippen molar-refractivity contribution in [3.8, 4) is 0 Å². The molecular weight excluding hydrogens is 333 g/mol. The van der Waals surface area contributed by atoms with Crippen LogP contribution in [0.3, 0.4) is 0 Å². The SMILES string of the molecule is O=C1Nc2c(c(=O)[nH]c(=O)n2Cc2cccnc2)C1(O)C(F)(F)F. The highest BCUT2D eigenvalue weighted by atomic mass is 19.4. The third-order valence-electron chi connectivity index (χ3n) is 3.60. The molecule has 0 aliphatic carbocycles. The number of alkyl halides is 3. The molecule has 0 saturated carbocycles. The Labute approximate surface area is 130 Å². The largest absolute Gasteiger partial charge is 0.431 e. The number of carbonyl (C=O) groups is 1. The van der Waals surface area contributed by atoms with Gasteiger partial charge < -0.3 is 10.4 Å². The monoisotopic (exact) mass is 342 g/mol. The second-order valence-electron chi connectivity index (χ2n) is 5.09. The van der Waals surface area contributed by atoms with E-state index in [-0.39, 0.29) is 6.54 Å². The van der Waals surface area contributed by atoms with Crippen LogP contribution >= 0.6 is 0 Å². The first kappa shape index (κ1) is 15.9. The van der Waals surface area contributed by atoms with E-state index in [1.165, 1.54) is 18.5 Å². The maximum Gasteiger partial charge on any atom is 0.431 e. The van der Waals surface area contributed by atoms with Gasteiger partial charge >= 0.3 is 11.9 Å². The smallest absolute Gasteiger partial charge is 0.368 e. The van der Waals surface area contributed by atoms with Gasteiger partial charge in [-0.05, 0) is 11.6 Å². The van der Waals surface area contributed by atoms with Gasteiger partial charge in [0, 0.05) is 12.4 Å². The van der Waals surface area contributed by atoms with Gasteiger partial charge in [0.2, 0.25) is 0 Å². The van der Waals surface area contributed by atoms with Crippen LogP contribution in [0.25, 0.3) is 0 Å². The summed E-state index contributed by atoms with van der Waals surface area (Å²) < 4.78 is 40.2. The second kappa shape index (κ2) is 5.03. The minimum absolute atomic E-state index is 0.264. The van der Waals surface area contributed by atoms with Crippen molar-refractivity contribution in [3.05, 3.63) is 56.5 Å². The Hall–Kier alpha value is -2.95. The summed E-state index contributed by atoms with van der Waals surface area (Å²) >= 11 is 0. The van der Waals surface area contributed by atoms with E-state index in [9.17, 15) is 32.7 Å². The number of aliphatic hydroxyl groups is 1. The number of fused-ring (bicyclic) bond motifs is 1. The number of nitrogens with zero attached hydrogens (tertiary/aromatic N) is 2. The molecule has 2 aromatic heterocycles. The van der Waals surface area contributed by atoms with Crippen LogP contribution in [0.4, 0.5) is 19.0 Å². The van der Waals surface area contributed by atoms with E-state index in [1.807, 2.05) is 0 Å². The standard InChI is InChI=1S/C13H9F3N4O4/c14-13(15,16)12(24)7-8(18-10(12)22)20(11(23)19-9(7)21)5-6-2-1-3-17-4-6/h1-4,24H,5H2,(H,18,22)(H,19,21,23). The summed E-state index contributed by atoms with van der Waals surface area (Å²) in [5.74, 6) is -2.54. The molecule has 11 heteroatoms. The Kier molecular flexibility index (Phi) is 3.34. The lowest BCUT2D eigenvalue weighted by atomic mass is 9.97. The van der Waals surface area contributed by atoms with Crippen molar-refractivity contribution in [1.82, 2.24) is 14.5 Å². The minimum atomic E-state index is -5.44. The molecule has 0 spiro atoms. The van der Waals surface area contributed by atoms with Crippen molar-refractivity contribution in [1.29, 1.82) is 0 Å². The summed E-state index contributed by atoms with van der Waals surface area (Å²) in [7, 11) is 0. The van der Waals surface area contributed by atoms with Crippen LogP contribution in [-0.2, 0) is 16.9 Å². The molecule has 1 atom stereocenters. The first-order valence-electron chi connectivity index (χ1n) is 6.53. The summed E-state index contributed by atoms with van der Waals surface area (Å²) in [6.45, 7) is -0.264. The van der Waals surface area contributed by atoms with E-state index in [1.54, 1.807) is 16.4 Å². The van der Waals surface area contributed by atoms with Crippen LogP contribution in [0.5, 0.6) is 0 Å². The lowest BCUT2D eigenvalue weighted by Gasteiger charge is -2.22. The maximum absolute atomic E-state index is 13.2. The average Bonchev–Trinajstić information content (AvgIpc) is 2.78. The quantitative estimate of drug-likeness (QED) is 0.692. The first-order chi connectivity index (χ1) is 11.2. The van der Waals surface area contributed by atoms with Gasteiger partial charge in [-0.3, -0.25) is 24.1 Å². The summed E-state index contributed by atoms with van der Waals surface area (Å²) in [6, 6.07) is 3.08. The molecule has 126 valence electrons. The van der Waals surface area contributed by atoms with Gasteiger partial charge in [-0.1, -0.05) is 6.07 Å². The zero-order valence-corrected chi connectivity index (χ0v) is 11.7. The summed E-state index contributed by atoms with van der Waals surface area (Å²) in [5.41, 5.74) is -7.38. The van der Waals surface area contributed by atoms with Crippen LogP contribution in [-0.4, -0.2) is 31.7 Å². The summed E-state index contributed by atoms with van der Waals surface area (Å²) in [4.78, 5) is 40.9. The number of halogens is 3. The molecule has 1 unspecified atom stereocenters. The lowest BCUT2D eigenvalue weighted by Crippen LogP contribution is -2.50. The maximum atomic E-state index is 13.2. The van der Waals surface area contributed by atoms with Crippen molar-refractivity contribution in [2.45, 2.75) is 18.3 Å². The number of aromatic amines is 1. The fourth-order valence-electron chi connectivity index (χ4n) is 2.44. The van der Waals surface area contributed by atoms with Gasteiger partial charge in [-0.25, -0.2) is 4.79 Å². The third-order valence-corrected chi connectivity index (χ3v) is 3.60. The number of hydrogen-bond acceptors (Lipinski definition) is 5. The molecule has 1 aliphatic heterocycles. The molecule has 3 heterocycles. The normalized spacial score (nSPS) is 19.9. The van der Waals surface area contributed by atoms with Gasteiger partial charge in [0.1, 0.15) is 11.4 Å². The topological polar surface area (TPSA) is 117 Å². The molecule has 0 aromatic carbocycles. The summed E-state index contributed by atoms with van der Waals surface area (Å²) in [5, 5.41) is 11.6. The molecule has 0 radical (unpaired) electrons. The molecule has 0 fully saturated rings. The van der Waals surface area contributed by atoms with E-state index >= 15 is 0 Å². The van der Waals surface area contributed by atoms with E-state index in [0.29, 0.717) is 5.56 Å². The van der Waals surface area contributed by atoms with Crippen LogP contribution in [0.1, 0.15) is 11.1 Å². The van der Waals surface area contributed by atoms with E-state index in [4.69, 9.17) is 0 Å². The Morgan fingerprint density at radius 3 is 2.58 bits per heavy atom. The molecule has 1 aliphatic rings. The molecule has 3 N–H and O–H groups in total. The fourth-order valence-corrected chi connectivity index (χ4v) is 2.44. The molecule has 0 saturated heterocycles. The number of aromatic nitrogens is 3. The molecule has 2 aromatic rings. The van der Waals surface area contributed by atoms with Gasteiger partial charge in [-0.15, -0.1) is 0 Å². The minimum Gasteiger partial charge on any atom is -0.368 e. The van der Waals surface area contributed by atoms with Crippen molar-refractivity contribution in [2.24, 2.45) is 0 Å². The Bertz CT molecular complexity index is 935. The van der Waals surface area contributed by atoms with Crippen molar-refractivity contribution < 1.29 is 23.1 Å². The number of pyridine rings is 1. The zero-order chi connectivity index (χ0) is 17.7. The highest BCUT2D eigenvalue weighted by Crippen LogP contribution is 2.44. The van der Waals surface area contributed by atoms with Crippen LogP contribution < -0.4 is 16.6 Å². The van der Waals surface area contributed by atoms with Gasteiger partial charge in [0.05, 0.1) is 6.54 Å². The predicted molar refractivity (Wildman–Crippen MR) is 73.2 cm³/mol. The molecule has 3 rings (SSSR count). The highest BCUT2D eigenvalue weighted by Gasteiger charge is 2.66. The number of H-pyrrole nitrogens is 1. The number of nitrogens with one attached hydrogen (secondary N) is 2. The number of hydrogen-bond donors (Lipinski definition) is 3. The molecule has 1 amide bonds. The molecule has 24 heavy (non-hydrogen) atoms. The van der Waals surface area contributed by atoms with E-state index < -0.39 is 40.3 Å². The zero-order valence-electron chi connectivity index (χ0n) is 11.7. The van der Waals surface area contributed by atoms with Crippen molar-refractivity contribution in [2.75, 3.05) is 5.32 Å². The van der Waals surface area contributed by atoms with Crippen LogP contribution in [0.2, 0.25) is 0 Å². The fraction of sp³-hybridized carbons (Fsp3) is 0.231. The predicted octanol–water partition coefficient (Wildman–Crippen LogP) is -0.318. The van der Waals surface area contributed by atoms with Crippen LogP contribution in [0.15, 0.2) is 34.1 Å².